The van der Waals surface area contributed by atoms with Gasteiger partial charge in [-0.1, -0.05) is 0 Å². The van der Waals surface area contributed by atoms with E-state index >= 15 is 0 Å². The Labute approximate surface area is 89.1 Å². The van der Waals surface area contributed by atoms with E-state index in [9.17, 15) is 0 Å². The molecule has 1 aliphatic rings. The molecule has 0 saturated heterocycles. The van der Waals surface area contributed by atoms with E-state index in [4.69, 9.17) is 10.5 Å². The second kappa shape index (κ2) is 3.81. The molecule has 0 fully saturated rings. The van der Waals surface area contributed by atoms with Crippen LogP contribution >= 0.6 is 0 Å². The summed E-state index contributed by atoms with van der Waals surface area (Å²) in [5.74, 6) is 1.68. The Morgan fingerprint density at radius 1 is 1.53 bits per heavy atom. The molecule has 0 aromatic heterocycles. The average Bonchev–Trinajstić information content (AvgIpc) is 2.20. The van der Waals surface area contributed by atoms with E-state index in [-0.39, 0.29) is 6.10 Å². The summed E-state index contributed by atoms with van der Waals surface area (Å²) in [5, 5.41) is 3.23. The lowest BCUT2D eigenvalue weighted by Gasteiger charge is -2.26. The van der Waals surface area contributed by atoms with Crippen LogP contribution in [-0.4, -0.2) is 18.5 Å². The molecule has 2 rings (SSSR count). The number of ether oxygens (including phenoxy) is 1. The summed E-state index contributed by atoms with van der Waals surface area (Å²) in [6.45, 7) is 4.71. The molecule has 0 bridgehead atoms. The lowest BCUT2D eigenvalue weighted by atomic mass is 10.2. The van der Waals surface area contributed by atoms with Crippen LogP contribution in [0, 0.1) is 0 Å². The zero-order valence-corrected chi connectivity index (χ0v) is 8.95. The molecule has 15 heavy (non-hydrogen) atoms. The van der Waals surface area contributed by atoms with Crippen LogP contribution in [-0.2, 0) is 0 Å². The van der Waals surface area contributed by atoms with Crippen molar-refractivity contribution in [1.29, 1.82) is 0 Å². The lowest BCUT2D eigenvalue weighted by Crippen LogP contribution is -2.35. The number of fused-ring (bicyclic) bond motifs is 1. The number of aliphatic imine (C=N–C) groups is 1. The van der Waals surface area contributed by atoms with E-state index in [0.29, 0.717) is 0 Å². The minimum absolute atomic E-state index is 0.0268. The zero-order valence-electron chi connectivity index (χ0n) is 8.95. The van der Waals surface area contributed by atoms with Crippen molar-refractivity contribution in [2.45, 2.75) is 20.0 Å². The monoisotopic (exact) mass is 205 g/mol. The fourth-order valence-corrected chi connectivity index (χ4v) is 1.57. The first kappa shape index (κ1) is 9.83. The van der Waals surface area contributed by atoms with Crippen molar-refractivity contribution < 1.29 is 4.74 Å². The van der Waals surface area contributed by atoms with Crippen molar-refractivity contribution in [3.63, 3.8) is 0 Å². The largest absolute Gasteiger partial charge is 0.481 e. The molecule has 0 amide bonds. The molecule has 1 heterocycles. The normalized spacial score (nSPS) is 21.7. The van der Waals surface area contributed by atoms with Crippen molar-refractivity contribution >= 4 is 17.2 Å². The Morgan fingerprint density at radius 3 is 3.07 bits per heavy atom. The quantitative estimate of drug-likeness (QED) is 0.688. The molecule has 0 spiro atoms. The van der Waals surface area contributed by atoms with Gasteiger partial charge in [-0.15, -0.1) is 0 Å². The molecule has 1 unspecified atom stereocenters. The second-order valence-electron chi connectivity index (χ2n) is 3.50. The standard InChI is InChI=1S/C11H15N3O/c1-3-13-11-7(2)15-10-5-4-8(12)6-9(10)14-11/h4-7H,3,12H2,1-2H3,(H,13,14). The number of nitrogen functional groups attached to an aromatic ring is 1. The topological polar surface area (TPSA) is 59.6 Å². The van der Waals surface area contributed by atoms with Crippen molar-refractivity contribution in [3.05, 3.63) is 18.2 Å². The summed E-state index contributed by atoms with van der Waals surface area (Å²) < 4.78 is 5.70. The lowest BCUT2D eigenvalue weighted by molar-refractivity contribution is 0.282. The smallest absolute Gasteiger partial charge is 0.153 e. The molecule has 0 radical (unpaired) electrons. The highest BCUT2D eigenvalue weighted by molar-refractivity contribution is 6.01. The van der Waals surface area contributed by atoms with Gasteiger partial charge in [0.2, 0.25) is 0 Å². The number of nitrogens with zero attached hydrogens (tertiary/aromatic N) is 1. The summed E-state index contributed by atoms with van der Waals surface area (Å²) in [5.41, 5.74) is 7.31. The molecule has 80 valence electrons. The van der Waals surface area contributed by atoms with Gasteiger partial charge in [0.25, 0.3) is 0 Å². The molecule has 1 aromatic carbocycles. The predicted octanol–water partition coefficient (Wildman–Crippen LogP) is 1.88. The SMILES string of the molecule is CCN=C1Nc2cc(N)ccc2OC1C. The third-order valence-electron chi connectivity index (χ3n) is 2.28. The van der Waals surface area contributed by atoms with Gasteiger partial charge in [0.1, 0.15) is 11.6 Å². The summed E-state index contributed by atoms with van der Waals surface area (Å²) in [4.78, 5) is 4.33. The number of amidine groups is 1. The Hall–Kier alpha value is -1.71. The highest BCUT2D eigenvalue weighted by Gasteiger charge is 2.21. The van der Waals surface area contributed by atoms with Gasteiger partial charge in [-0.2, -0.15) is 0 Å². The van der Waals surface area contributed by atoms with Crippen LogP contribution in [0.2, 0.25) is 0 Å². The summed E-state index contributed by atoms with van der Waals surface area (Å²) in [6, 6.07) is 5.55. The number of nitrogens with one attached hydrogen (secondary N) is 1. The Kier molecular flexibility index (Phi) is 2.49. The predicted molar refractivity (Wildman–Crippen MR) is 62.5 cm³/mol. The van der Waals surface area contributed by atoms with E-state index in [1.807, 2.05) is 32.0 Å². The van der Waals surface area contributed by atoms with Crippen LogP contribution in [0.1, 0.15) is 13.8 Å². The van der Waals surface area contributed by atoms with Gasteiger partial charge in [-0.25, -0.2) is 0 Å². The van der Waals surface area contributed by atoms with E-state index < -0.39 is 0 Å². The molecule has 4 heteroatoms. The number of rotatable bonds is 1. The molecule has 1 aromatic rings. The molecular weight excluding hydrogens is 190 g/mol. The second-order valence-corrected chi connectivity index (χ2v) is 3.50. The maximum atomic E-state index is 5.70. The minimum Gasteiger partial charge on any atom is -0.481 e. The van der Waals surface area contributed by atoms with Gasteiger partial charge in [0, 0.05) is 12.2 Å². The first-order valence-electron chi connectivity index (χ1n) is 5.08. The number of benzene rings is 1. The summed E-state index contributed by atoms with van der Waals surface area (Å²) in [7, 11) is 0. The van der Waals surface area contributed by atoms with Gasteiger partial charge in [0.05, 0.1) is 5.69 Å². The third-order valence-corrected chi connectivity index (χ3v) is 2.28. The maximum Gasteiger partial charge on any atom is 0.153 e. The van der Waals surface area contributed by atoms with Crippen LogP contribution < -0.4 is 15.8 Å². The van der Waals surface area contributed by atoms with E-state index in [2.05, 4.69) is 10.3 Å². The maximum absolute atomic E-state index is 5.70. The van der Waals surface area contributed by atoms with Gasteiger partial charge in [-0.3, -0.25) is 4.99 Å². The van der Waals surface area contributed by atoms with Gasteiger partial charge in [-0.05, 0) is 32.0 Å². The Morgan fingerprint density at radius 2 is 2.33 bits per heavy atom. The zero-order chi connectivity index (χ0) is 10.8. The molecule has 1 atom stereocenters. The van der Waals surface area contributed by atoms with Gasteiger partial charge < -0.3 is 15.8 Å². The van der Waals surface area contributed by atoms with Crippen molar-refractivity contribution in [3.8, 4) is 5.75 Å². The van der Waals surface area contributed by atoms with Crippen LogP contribution in [0.3, 0.4) is 0 Å². The van der Waals surface area contributed by atoms with Crippen LogP contribution in [0.5, 0.6) is 5.75 Å². The first-order valence-corrected chi connectivity index (χ1v) is 5.08. The third kappa shape index (κ3) is 1.88. The molecular formula is C11H15N3O. The molecule has 1 aliphatic heterocycles. The summed E-state index contributed by atoms with van der Waals surface area (Å²) >= 11 is 0. The summed E-state index contributed by atoms with van der Waals surface area (Å²) in [6.07, 6.45) is -0.0268. The minimum atomic E-state index is -0.0268. The molecule has 4 nitrogen and oxygen atoms in total. The highest BCUT2D eigenvalue weighted by Crippen LogP contribution is 2.31. The van der Waals surface area contributed by atoms with Crippen LogP contribution in [0.15, 0.2) is 23.2 Å². The number of hydrogen-bond donors (Lipinski definition) is 2. The average molecular weight is 205 g/mol. The molecule has 0 saturated carbocycles. The Bertz CT molecular complexity index is 401. The van der Waals surface area contributed by atoms with E-state index in [1.54, 1.807) is 0 Å². The van der Waals surface area contributed by atoms with Gasteiger partial charge in [0.15, 0.2) is 6.10 Å². The van der Waals surface area contributed by atoms with Crippen molar-refractivity contribution in [2.24, 2.45) is 4.99 Å². The Balaban J connectivity index is 2.34. The van der Waals surface area contributed by atoms with E-state index in [1.165, 1.54) is 0 Å². The fraction of sp³-hybridized carbons (Fsp3) is 0.364. The van der Waals surface area contributed by atoms with Crippen LogP contribution in [0.25, 0.3) is 0 Å². The van der Waals surface area contributed by atoms with Crippen molar-refractivity contribution in [1.82, 2.24) is 0 Å². The van der Waals surface area contributed by atoms with E-state index in [0.717, 1.165) is 29.5 Å². The number of nitrogens with two attached hydrogens (primary N) is 1. The molecule has 0 aliphatic carbocycles. The fourth-order valence-electron chi connectivity index (χ4n) is 1.57. The number of anilines is 2. The van der Waals surface area contributed by atoms with Crippen molar-refractivity contribution in [2.75, 3.05) is 17.6 Å². The molecule has 3 N–H and O–H groups in total. The highest BCUT2D eigenvalue weighted by atomic mass is 16.5. The first-order chi connectivity index (χ1) is 7.20. The van der Waals surface area contributed by atoms with Gasteiger partial charge >= 0.3 is 0 Å². The number of hydrogen-bond acceptors (Lipinski definition) is 3. The van der Waals surface area contributed by atoms with Crippen LogP contribution in [0.4, 0.5) is 11.4 Å².